The average molecular weight is 525 g/mol. The Balaban J connectivity index is 0.00000320. The molecule has 162 valence electrons. The number of halogens is 2. The monoisotopic (exact) mass is 525 g/mol. The van der Waals surface area contributed by atoms with Gasteiger partial charge in [0.1, 0.15) is 5.82 Å². The normalized spacial score (nSPS) is 14.2. The van der Waals surface area contributed by atoms with Crippen LogP contribution in [0.15, 0.2) is 53.5 Å². The third kappa shape index (κ3) is 6.07. The highest BCUT2D eigenvalue weighted by atomic mass is 127. The maximum Gasteiger partial charge on any atom is 0.251 e. The standard InChI is InChI=1S/C22H28FN5O.HI/c1-3-25-21(29)18-10-8-17(9-11-18)16-26-22(24-2)28-14-12-27(13-15-28)20-7-5-4-6-19(20)23;/h4-11H,3,12-16H2,1-2H3,(H,24,26)(H,25,29);1H. The van der Waals surface area contributed by atoms with Crippen molar-refractivity contribution < 1.29 is 9.18 Å². The van der Waals surface area contributed by atoms with E-state index < -0.39 is 0 Å². The van der Waals surface area contributed by atoms with Crippen LogP contribution in [-0.4, -0.2) is 56.5 Å². The fourth-order valence-electron chi connectivity index (χ4n) is 3.42. The summed E-state index contributed by atoms with van der Waals surface area (Å²) in [6.07, 6.45) is 0. The van der Waals surface area contributed by atoms with E-state index in [0.29, 0.717) is 24.3 Å². The van der Waals surface area contributed by atoms with Crippen molar-refractivity contribution in [3.8, 4) is 0 Å². The highest BCUT2D eigenvalue weighted by Crippen LogP contribution is 2.20. The Hall–Kier alpha value is -2.36. The fraction of sp³-hybridized carbons (Fsp3) is 0.364. The van der Waals surface area contributed by atoms with E-state index >= 15 is 0 Å². The molecule has 0 radical (unpaired) electrons. The highest BCUT2D eigenvalue weighted by Gasteiger charge is 2.21. The van der Waals surface area contributed by atoms with E-state index in [0.717, 1.165) is 37.7 Å². The van der Waals surface area contributed by atoms with Gasteiger partial charge in [0, 0.05) is 51.9 Å². The zero-order valence-corrected chi connectivity index (χ0v) is 19.7. The van der Waals surface area contributed by atoms with E-state index in [-0.39, 0.29) is 35.7 Å². The van der Waals surface area contributed by atoms with Crippen molar-refractivity contribution in [2.45, 2.75) is 13.5 Å². The van der Waals surface area contributed by atoms with Gasteiger partial charge >= 0.3 is 0 Å². The van der Waals surface area contributed by atoms with Gasteiger partial charge in [0.25, 0.3) is 5.91 Å². The number of amides is 1. The van der Waals surface area contributed by atoms with Gasteiger partial charge in [0.15, 0.2) is 5.96 Å². The molecule has 2 aromatic rings. The van der Waals surface area contributed by atoms with E-state index in [1.54, 1.807) is 13.1 Å². The number of carbonyl (C=O) groups is 1. The molecule has 1 fully saturated rings. The number of aliphatic imine (C=N–C) groups is 1. The van der Waals surface area contributed by atoms with Gasteiger partial charge in [-0.2, -0.15) is 0 Å². The smallest absolute Gasteiger partial charge is 0.251 e. The molecule has 0 unspecified atom stereocenters. The van der Waals surface area contributed by atoms with Crippen molar-refractivity contribution in [1.82, 2.24) is 15.5 Å². The van der Waals surface area contributed by atoms with E-state index in [1.165, 1.54) is 6.07 Å². The lowest BCUT2D eigenvalue weighted by Gasteiger charge is -2.37. The largest absolute Gasteiger partial charge is 0.366 e. The molecule has 3 rings (SSSR count). The molecule has 6 nitrogen and oxygen atoms in total. The van der Waals surface area contributed by atoms with Crippen molar-refractivity contribution in [1.29, 1.82) is 0 Å². The van der Waals surface area contributed by atoms with Gasteiger partial charge < -0.3 is 20.4 Å². The van der Waals surface area contributed by atoms with Crippen LogP contribution in [-0.2, 0) is 6.54 Å². The first-order valence-electron chi connectivity index (χ1n) is 9.94. The number of nitrogens with one attached hydrogen (secondary N) is 2. The molecule has 1 amide bonds. The molecular weight excluding hydrogens is 496 g/mol. The first-order chi connectivity index (χ1) is 14.1. The van der Waals surface area contributed by atoms with Gasteiger partial charge in [0.2, 0.25) is 0 Å². The zero-order valence-electron chi connectivity index (χ0n) is 17.4. The molecule has 0 aromatic heterocycles. The number of benzene rings is 2. The van der Waals surface area contributed by atoms with Crippen LogP contribution in [0.1, 0.15) is 22.8 Å². The van der Waals surface area contributed by atoms with Crippen LogP contribution >= 0.6 is 24.0 Å². The fourth-order valence-corrected chi connectivity index (χ4v) is 3.42. The Bertz CT molecular complexity index is 851. The summed E-state index contributed by atoms with van der Waals surface area (Å²) in [5.74, 6) is 0.584. The summed E-state index contributed by atoms with van der Waals surface area (Å²) in [4.78, 5) is 20.5. The predicted octanol–water partition coefficient (Wildman–Crippen LogP) is 3.09. The number of anilines is 1. The zero-order chi connectivity index (χ0) is 20.6. The Labute approximate surface area is 194 Å². The SMILES string of the molecule is CCNC(=O)c1ccc(CNC(=NC)N2CCN(c3ccccc3F)CC2)cc1.I. The van der Waals surface area contributed by atoms with Gasteiger partial charge in [-0.3, -0.25) is 9.79 Å². The molecule has 8 heteroatoms. The molecule has 0 atom stereocenters. The van der Waals surface area contributed by atoms with Crippen LogP contribution in [0.2, 0.25) is 0 Å². The topological polar surface area (TPSA) is 60.0 Å². The molecular formula is C22H29FIN5O. The summed E-state index contributed by atoms with van der Waals surface area (Å²) in [5.41, 5.74) is 2.38. The van der Waals surface area contributed by atoms with Crippen molar-refractivity contribution in [2.24, 2.45) is 4.99 Å². The van der Waals surface area contributed by atoms with Crippen LogP contribution in [0, 0.1) is 5.82 Å². The summed E-state index contributed by atoms with van der Waals surface area (Å²) in [5, 5.41) is 6.17. The molecule has 1 aliphatic rings. The molecule has 1 heterocycles. The van der Waals surface area contributed by atoms with Crippen molar-refractivity contribution in [3.63, 3.8) is 0 Å². The van der Waals surface area contributed by atoms with Gasteiger partial charge in [0.05, 0.1) is 5.69 Å². The third-order valence-corrected chi connectivity index (χ3v) is 4.99. The van der Waals surface area contributed by atoms with Gasteiger partial charge in [-0.25, -0.2) is 4.39 Å². The number of nitrogens with zero attached hydrogens (tertiary/aromatic N) is 3. The lowest BCUT2D eigenvalue weighted by molar-refractivity contribution is 0.0956. The van der Waals surface area contributed by atoms with Gasteiger partial charge in [-0.1, -0.05) is 24.3 Å². The average Bonchev–Trinajstić information content (AvgIpc) is 2.76. The summed E-state index contributed by atoms with van der Waals surface area (Å²) < 4.78 is 14.0. The Kier molecular flexibility index (Phi) is 9.35. The van der Waals surface area contributed by atoms with Gasteiger partial charge in [-0.15, -0.1) is 24.0 Å². The summed E-state index contributed by atoms with van der Waals surface area (Å²) in [6, 6.07) is 14.5. The third-order valence-electron chi connectivity index (χ3n) is 4.99. The van der Waals surface area contributed by atoms with Crippen LogP contribution in [0.25, 0.3) is 0 Å². The lowest BCUT2D eigenvalue weighted by atomic mass is 10.1. The molecule has 0 aliphatic carbocycles. The molecule has 1 saturated heterocycles. The number of para-hydroxylation sites is 1. The van der Waals surface area contributed by atoms with Crippen molar-refractivity contribution >= 4 is 41.5 Å². The minimum atomic E-state index is -0.181. The molecule has 1 aliphatic heterocycles. The Morgan fingerprint density at radius 1 is 1.03 bits per heavy atom. The molecule has 2 aromatic carbocycles. The summed E-state index contributed by atoms with van der Waals surface area (Å²) >= 11 is 0. The van der Waals surface area contributed by atoms with E-state index in [2.05, 4.69) is 25.4 Å². The quantitative estimate of drug-likeness (QED) is 0.358. The van der Waals surface area contributed by atoms with Crippen molar-refractivity contribution in [2.75, 3.05) is 44.7 Å². The van der Waals surface area contributed by atoms with Crippen molar-refractivity contribution in [3.05, 3.63) is 65.5 Å². The number of carbonyl (C=O) groups excluding carboxylic acids is 1. The first-order valence-corrected chi connectivity index (χ1v) is 9.94. The summed E-state index contributed by atoms with van der Waals surface area (Å²) in [7, 11) is 1.77. The predicted molar refractivity (Wildman–Crippen MR) is 130 cm³/mol. The summed E-state index contributed by atoms with van der Waals surface area (Å²) in [6.45, 7) is 6.15. The molecule has 2 N–H and O–H groups in total. The maximum absolute atomic E-state index is 14.0. The van der Waals surface area contributed by atoms with Crippen LogP contribution < -0.4 is 15.5 Å². The number of guanidine groups is 1. The molecule has 0 saturated carbocycles. The highest BCUT2D eigenvalue weighted by molar-refractivity contribution is 14.0. The first kappa shape index (κ1) is 23.9. The second-order valence-corrected chi connectivity index (χ2v) is 6.88. The minimum Gasteiger partial charge on any atom is -0.366 e. The minimum absolute atomic E-state index is 0. The van der Waals surface area contributed by atoms with Crippen LogP contribution in [0.4, 0.5) is 10.1 Å². The number of hydrogen-bond acceptors (Lipinski definition) is 3. The Morgan fingerprint density at radius 3 is 2.30 bits per heavy atom. The van der Waals surface area contributed by atoms with E-state index in [4.69, 9.17) is 0 Å². The second-order valence-electron chi connectivity index (χ2n) is 6.88. The van der Waals surface area contributed by atoms with Gasteiger partial charge in [-0.05, 0) is 36.8 Å². The maximum atomic E-state index is 14.0. The number of rotatable bonds is 5. The lowest BCUT2D eigenvalue weighted by Crippen LogP contribution is -2.52. The second kappa shape index (κ2) is 11.7. The van der Waals surface area contributed by atoms with Crippen LogP contribution in [0.5, 0.6) is 0 Å². The van der Waals surface area contributed by atoms with E-state index in [9.17, 15) is 9.18 Å². The molecule has 30 heavy (non-hydrogen) atoms. The van der Waals surface area contributed by atoms with Crippen LogP contribution in [0.3, 0.4) is 0 Å². The van der Waals surface area contributed by atoms with E-state index in [1.807, 2.05) is 43.3 Å². The number of hydrogen-bond donors (Lipinski definition) is 2. The number of piperazine rings is 1. The molecule has 0 bridgehead atoms. The Morgan fingerprint density at radius 2 is 1.70 bits per heavy atom. The molecule has 0 spiro atoms.